The number of anilines is 1. The zero-order chi connectivity index (χ0) is 21.0. The Morgan fingerprint density at radius 1 is 1.31 bits per heavy atom. The van der Waals surface area contributed by atoms with Gasteiger partial charge in [-0.1, -0.05) is 23.1 Å². The minimum absolute atomic E-state index is 0.131. The molecule has 0 aliphatic carbocycles. The molecule has 0 fully saturated rings. The van der Waals surface area contributed by atoms with E-state index in [4.69, 9.17) is 0 Å². The van der Waals surface area contributed by atoms with Crippen LogP contribution in [0.2, 0.25) is 0 Å². The Hall–Kier alpha value is -2.79. The average molecular weight is 432 g/mol. The van der Waals surface area contributed by atoms with Gasteiger partial charge in [0.25, 0.3) is 5.91 Å². The van der Waals surface area contributed by atoms with Crippen LogP contribution >= 0.6 is 23.1 Å². The Kier molecular flexibility index (Phi) is 6.60. The predicted octanol–water partition coefficient (Wildman–Crippen LogP) is 2.56. The van der Waals surface area contributed by atoms with Crippen LogP contribution in [0.4, 0.5) is 5.13 Å². The van der Waals surface area contributed by atoms with Crippen molar-refractivity contribution in [3.63, 3.8) is 0 Å². The first-order valence-corrected chi connectivity index (χ1v) is 10.7. The van der Waals surface area contributed by atoms with Crippen LogP contribution in [0.5, 0.6) is 0 Å². The van der Waals surface area contributed by atoms with Gasteiger partial charge in [-0.05, 0) is 26.0 Å². The second-order valence-corrected chi connectivity index (χ2v) is 8.20. The van der Waals surface area contributed by atoms with Gasteiger partial charge < -0.3 is 14.8 Å². The third kappa shape index (κ3) is 4.80. The molecule has 1 N–H and O–H groups in total. The number of nitrogens with zero attached hydrogens (tertiary/aromatic N) is 6. The highest BCUT2D eigenvalue weighted by atomic mass is 32.2. The van der Waals surface area contributed by atoms with Crippen molar-refractivity contribution in [2.45, 2.75) is 25.5 Å². The van der Waals surface area contributed by atoms with E-state index in [1.54, 1.807) is 33.4 Å². The monoisotopic (exact) mass is 431 g/mol. The van der Waals surface area contributed by atoms with Crippen LogP contribution in [-0.4, -0.2) is 61.3 Å². The molecular weight excluding hydrogens is 410 g/mol. The Balaban J connectivity index is 1.65. The molecule has 0 aliphatic heterocycles. The number of aromatic nitrogens is 5. The lowest BCUT2D eigenvalue weighted by Crippen LogP contribution is -2.21. The number of carbonyl (C=O) groups is 2. The highest BCUT2D eigenvalue weighted by Crippen LogP contribution is 2.25. The van der Waals surface area contributed by atoms with Gasteiger partial charge in [-0.15, -0.1) is 10.2 Å². The number of pyridine rings is 1. The molecule has 9 nitrogen and oxygen atoms in total. The number of amides is 2. The molecule has 0 saturated heterocycles. The van der Waals surface area contributed by atoms with E-state index in [0.717, 1.165) is 5.56 Å². The van der Waals surface area contributed by atoms with Gasteiger partial charge in [0.1, 0.15) is 4.88 Å². The van der Waals surface area contributed by atoms with Crippen LogP contribution in [0.1, 0.15) is 22.3 Å². The molecule has 0 atom stereocenters. The molecule has 3 rings (SSSR count). The van der Waals surface area contributed by atoms with Crippen molar-refractivity contribution < 1.29 is 9.59 Å². The van der Waals surface area contributed by atoms with Crippen molar-refractivity contribution in [2.24, 2.45) is 0 Å². The van der Waals surface area contributed by atoms with Crippen molar-refractivity contribution in [3.8, 4) is 11.4 Å². The first-order chi connectivity index (χ1) is 13.9. The van der Waals surface area contributed by atoms with Crippen molar-refractivity contribution in [1.29, 1.82) is 0 Å². The molecule has 11 heteroatoms. The summed E-state index contributed by atoms with van der Waals surface area (Å²) in [6.45, 7) is 4.42. The Morgan fingerprint density at radius 2 is 2.10 bits per heavy atom. The van der Waals surface area contributed by atoms with Crippen molar-refractivity contribution >= 4 is 40.0 Å². The summed E-state index contributed by atoms with van der Waals surface area (Å²) in [5.74, 6) is 0.516. The molecule has 3 heterocycles. The molecule has 152 valence electrons. The summed E-state index contributed by atoms with van der Waals surface area (Å²) in [6, 6.07) is 3.76. The van der Waals surface area contributed by atoms with Crippen LogP contribution in [0.25, 0.3) is 11.4 Å². The molecule has 0 saturated carbocycles. The zero-order valence-corrected chi connectivity index (χ0v) is 18.2. The normalized spacial score (nSPS) is 10.8. The molecule has 0 aromatic carbocycles. The topological polar surface area (TPSA) is 106 Å². The lowest BCUT2D eigenvalue weighted by Gasteiger charge is -2.07. The molecule has 0 unspecified atom stereocenters. The third-order valence-electron chi connectivity index (χ3n) is 3.93. The smallest absolute Gasteiger partial charge is 0.265 e. The maximum Gasteiger partial charge on any atom is 0.265 e. The summed E-state index contributed by atoms with van der Waals surface area (Å²) < 4.78 is 1.94. The van der Waals surface area contributed by atoms with Gasteiger partial charge in [0.2, 0.25) is 5.91 Å². The van der Waals surface area contributed by atoms with Gasteiger partial charge in [-0.2, -0.15) is 0 Å². The van der Waals surface area contributed by atoms with Crippen LogP contribution in [0, 0.1) is 6.92 Å². The number of hydrogen-bond donors (Lipinski definition) is 1. The lowest BCUT2D eigenvalue weighted by atomic mass is 10.3. The summed E-state index contributed by atoms with van der Waals surface area (Å²) in [5, 5.41) is 12.3. The average Bonchev–Trinajstić information content (AvgIpc) is 3.29. The molecular formula is C18H21N7O2S2. The molecule has 3 aromatic rings. The second-order valence-electron chi connectivity index (χ2n) is 6.26. The van der Waals surface area contributed by atoms with Crippen molar-refractivity contribution in [2.75, 3.05) is 25.2 Å². The number of carbonyl (C=O) groups excluding carboxylic acids is 2. The summed E-state index contributed by atoms with van der Waals surface area (Å²) in [7, 11) is 3.36. The predicted molar refractivity (Wildman–Crippen MR) is 113 cm³/mol. The fourth-order valence-corrected chi connectivity index (χ4v) is 4.33. The van der Waals surface area contributed by atoms with Gasteiger partial charge in [0, 0.05) is 38.6 Å². The first kappa shape index (κ1) is 20.9. The van der Waals surface area contributed by atoms with E-state index in [0.29, 0.717) is 33.2 Å². The maximum atomic E-state index is 12.4. The van der Waals surface area contributed by atoms with E-state index in [-0.39, 0.29) is 17.6 Å². The number of thioether (sulfide) groups is 1. The maximum absolute atomic E-state index is 12.4. The molecule has 0 spiro atoms. The number of hydrogen-bond acceptors (Lipinski definition) is 8. The van der Waals surface area contributed by atoms with Gasteiger partial charge in [-0.25, -0.2) is 4.98 Å². The van der Waals surface area contributed by atoms with Crippen LogP contribution in [-0.2, 0) is 11.3 Å². The molecule has 3 aromatic heterocycles. The number of rotatable bonds is 7. The number of thiazole rings is 1. The minimum atomic E-state index is -0.221. The Morgan fingerprint density at radius 3 is 2.76 bits per heavy atom. The summed E-state index contributed by atoms with van der Waals surface area (Å²) in [5.41, 5.74) is 1.47. The zero-order valence-electron chi connectivity index (χ0n) is 16.5. The van der Waals surface area contributed by atoms with E-state index >= 15 is 0 Å². The lowest BCUT2D eigenvalue weighted by molar-refractivity contribution is -0.113. The SMILES string of the molecule is CCn1c(SCC(=O)Nc2nc(C)c(C(=O)N(C)C)s2)nnc1-c1cccnc1. The molecule has 0 bridgehead atoms. The van der Waals surface area contributed by atoms with Gasteiger partial charge >= 0.3 is 0 Å². The fraction of sp³-hybridized carbons (Fsp3) is 0.333. The number of aryl methyl sites for hydroxylation is 1. The second kappa shape index (κ2) is 9.14. The third-order valence-corrected chi connectivity index (χ3v) is 5.96. The Labute approximate surface area is 176 Å². The standard InChI is InChI=1S/C18H21N7O2S2/c1-5-25-15(12-7-6-8-19-9-12)22-23-18(25)28-10-13(26)21-17-20-11(2)14(29-17)16(27)24(3)4/h6-9H,5,10H2,1-4H3,(H,20,21,26). The minimum Gasteiger partial charge on any atom is -0.344 e. The quantitative estimate of drug-likeness (QED) is 0.573. The highest BCUT2D eigenvalue weighted by molar-refractivity contribution is 7.99. The molecule has 0 radical (unpaired) electrons. The van der Waals surface area contributed by atoms with Gasteiger partial charge in [-0.3, -0.25) is 14.6 Å². The molecule has 0 aliphatic rings. The summed E-state index contributed by atoms with van der Waals surface area (Å²) in [4.78, 5) is 34.9. The van der Waals surface area contributed by atoms with Gasteiger partial charge in [0.05, 0.1) is 11.4 Å². The highest BCUT2D eigenvalue weighted by Gasteiger charge is 2.19. The van der Waals surface area contributed by atoms with Gasteiger partial charge in [0.15, 0.2) is 16.1 Å². The molecule has 29 heavy (non-hydrogen) atoms. The number of nitrogens with one attached hydrogen (secondary N) is 1. The van der Waals surface area contributed by atoms with Crippen LogP contribution < -0.4 is 5.32 Å². The summed E-state index contributed by atoms with van der Waals surface area (Å²) >= 11 is 2.47. The largest absolute Gasteiger partial charge is 0.344 e. The van der Waals surface area contributed by atoms with E-state index in [9.17, 15) is 9.59 Å². The van der Waals surface area contributed by atoms with Crippen molar-refractivity contribution in [1.82, 2.24) is 29.6 Å². The van der Waals surface area contributed by atoms with E-state index < -0.39 is 0 Å². The van der Waals surface area contributed by atoms with Crippen molar-refractivity contribution in [3.05, 3.63) is 35.1 Å². The van der Waals surface area contributed by atoms with Crippen LogP contribution in [0.15, 0.2) is 29.7 Å². The Bertz CT molecular complexity index is 1010. The van der Waals surface area contributed by atoms with E-state index in [1.807, 2.05) is 23.6 Å². The fourth-order valence-electron chi connectivity index (χ4n) is 2.53. The molecule has 2 amide bonds. The summed E-state index contributed by atoms with van der Waals surface area (Å²) in [6.07, 6.45) is 3.43. The van der Waals surface area contributed by atoms with Crippen LogP contribution in [0.3, 0.4) is 0 Å². The van der Waals surface area contributed by atoms with E-state index in [2.05, 4.69) is 25.5 Å². The van der Waals surface area contributed by atoms with E-state index in [1.165, 1.54) is 28.0 Å². The first-order valence-electron chi connectivity index (χ1n) is 8.86.